The minimum Gasteiger partial charge on any atom is -0.455 e. The summed E-state index contributed by atoms with van der Waals surface area (Å²) >= 11 is 0. The van der Waals surface area contributed by atoms with E-state index in [1.165, 1.54) is 19.4 Å². The Kier molecular flexibility index (Phi) is 10.5. The number of benzene rings is 1. The number of carbonyl (C=O) groups is 2. The summed E-state index contributed by atoms with van der Waals surface area (Å²) in [4.78, 5) is 23.7. The molecule has 0 spiro atoms. The average Bonchev–Trinajstić information content (AvgIpc) is 2.75. The summed E-state index contributed by atoms with van der Waals surface area (Å²) < 4.78 is 29.4. The zero-order valence-electron chi connectivity index (χ0n) is 22.3. The van der Waals surface area contributed by atoms with E-state index in [1.807, 2.05) is 37.3 Å². The van der Waals surface area contributed by atoms with Crippen LogP contribution in [0.25, 0.3) is 0 Å². The molecule has 1 aromatic carbocycles. The van der Waals surface area contributed by atoms with Crippen LogP contribution < -0.4 is 0 Å². The van der Waals surface area contributed by atoms with E-state index in [1.54, 1.807) is 0 Å². The third kappa shape index (κ3) is 8.68. The highest BCUT2D eigenvalue weighted by atomic mass is 28.4. The largest absolute Gasteiger partial charge is 0.455 e. The smallest absolute Gasteiger partial charge is 0.303 e. The molecule has 35 heavy (non-hydrogen) atoms. The van der Waals surface area contributed by atoms with Crippen molar-refractivity contribution in [3.05, 3.63) is 35.9 Å². The van der Waals surface area contributed by atoms with Crippen LogP contribution in [-0.4, -0.2) is 68.8 Å². The molecule has 0 amide bonds. The van der Waals surface area contributed by atoms with Gasteiger partial charge >= 0.3 is 11.9 Å². The van der Waals surface area contributed by atoms with Crippen LogP contribution in [0.2, 0.25) is 18.1 Å². The van der Waals surface area contributed by atoms with Gasteiger partial charge < -0.3 is 28.5 Å². The second-order valence-electron chi connectivity index (χ2n) is 10.7. The van der Waals surface area contributed by atoms with Crippen molar-refractivity contribution in [2.75, 3.05) is 6.61 Å². The van der Waals surface area contributed by atoms with E-state index in [2.05, 4.69) is 33.9 Å². The maximum atomic E-state index is 11.9. The number of carbonyl (C=O) groups excluding carboxylic acids is 2. The van der Waals surface area contributed by atoms with Crippen molar-refractivity contribution < 1.29 is 38.1 Å². The summed E-state index contributed by atoms with van der Waals surface area (Å²) in [5.41, 5.74) is 1.18. The van der Waals surface area contributed by atoms with Crippen LogP contribution in [0, 0.1) is 0 Å². The fourth-order valence-electron chi connectivity index (χ4n) is 3.60. The van der Waals surface area contributed by atoms with Crippen molar-refractivity contribution in [1.29, 1.82) is 0 Å². The molecular weight excluding hydrogens is 468 g/mol. The Morgan fingerprint density at radius 1 is 1.06 bits per heavy atom. The van der Waals surface area contributed by atoms with Gasteiger partial charge in [0.1, 0.15) is 12.2 Å². The van der Waals surface area contributed by atoms with Gasteiger partial charge in [-0.2, -0.15) is 0 Å². The van der Waals surface area contributed by atoms with Gasteiger partial charge in [0, 0.05) is 13.8 Å². The lowest BCUT2D eigenvalue weighted by atomic mass is 9.98. The van der Waals surface area contributed by atoms with E-state index in [9.17, 15) is 14.7 Å². The number of aliphatic hydroxyl groups is 1. The highest BCUT2D eigenvalue weighted by Gasteiger charge is 2.51. The maximum absolute atomic E-state index is 11.9. The van der Waals surface area contributed by atoms with Crippen LogP contribution in [-0.2, 0) is 39.4 Å². The van der Waals surface area contributed by atoms with E-state index in [0.717, 1.165) is 6.42 Å². The van der Waals surface area contributed by atoms with Crippen molar-refractivity contribution in [3.63, 3.8) is 0 Å². The number of hydrogen-bond acceptors (Lipinski definition) is 8. The molecular formula is C26H42O8Si. The molecule has 8 nitrogen and oxygen atoms in total. The summed E-state index contributed by atoms with van der Waals surface area (Å²) in [6.07, 6.45) is -4.15. The number of aliphatic hydroxyl groups excluding tert-OH is 1. The number of ether oxygens (including phenoxy) is 4. The predicted octanol–water partition coefficient (Wildman–Crippen LogP) is 4.00. The van der Waals surface area contributed by atoms with Crippen LogP contribution in [0.3, 0.4) is 0 Å². The number of esters is 2. The summed E-state index contributed by atoms with van der Waals surface area (Å²) in [6, 6.07) is 10.0. The fourth-order valence-corrected chi connectivity index (χ4v) is 4.61. The summed E-state index contributed by atoms with van der Waals surface area (Å²) in [6.45, 7) is 15.1. The minimum atomic E-state index is -2.14. The van der Waals surface area contributed by atoms with Crippen LogP contribution in [0.15, 0.2) is 30.3 Å². The van der Waals surface area contributed by atoms with Crippen molar-refractivity contribution in [2.24, 2.45) is 0 Å². The maximum Gasteiger partial charge on any atom is 0.303 e. The van der Waals surface area contributed by atoms with Gasteiger partial charge in [0.15, 0.2) is 26.8 Å². The Labute approximate surface area is 210 Å². The molecule has 6 atom stereocenters. The van der Waals surface area contributed by atoms with Crippen molar-refractivity contribution >= 4 is 20.3 Å². The van der Waals surface area contributed by atoms with Gasteiger partial charge in [0.2, 0.25) is 0 Å². The van der Waals surface area contributed by atoms with E-state index < -0.39 is 51.0 Å². The second kappa shape index (κ2) is 12.4. The molecule has 1 fully saturated rings. The topological polar surface area (TPSA) is 101 Å². The van der Waals surface area contributed by atoms with Gasteiger partial charge in [-0.1, -0.05) is 51.1 Å². The molecule has 1 aliphatic rings. The molecule has 0 saturated carbocycles. The van der Waals surface area contributed by atoms with E-state index in [4.69, 9.17) is 23.4 Å². The van der Waals surface area contributed by atoms with E-state index >= 15 is 0 Å². The Hall–Kier alpha value is -1.78. The molecule has 198 valence electrons. The van der Waals surface area contributed by atoms with Crippen molar-refractivity contribution in [1.82, 2.24) is 0 Å². The first-order valence-corrected chi connectivity index (χ1v) is 15.1. The zero-order chi connectivity index (χ0) is 26.4. The highest BCUT2D eigenvalue weighted by Crippen LogP contribution is 2.37. The molecule has 9 heteroatoms. The molecule has 1 N–H and O–H groups in total. The van der Waals surface area contributed by atoms with Gasteiger partial charge in [0.25, 0.3) is 0 Å². The molecule has 0 radical (unpaired) electrons. The quantitative estimate of drug-likeness (QED) is 0.372. The average molecular weight is 511 g/mol. The van der Waals surface area contributed by atoms with Crippen molar-refractivity contribution in [3.8, 4) is 0 Å². The molecule has 1 saturated heterocycles. The van der Waals surface area contributed by atoms with E-state index in [0.29, 0.717) is 6.42 Å². The molecule has 1 aliphatic heterocycles. The summed E-state index contributed by atoms with van der Waals surface area (Å²) in [5.74, 6) is -1.20. The summed E-state index contributed by atoms with van der Waals surface area (Å²) in [5, 5.41) is 11.0. The fraction of sp³-hybridized carbons (Fsp3) is 0.692. The number of rotatable bonds is 10. The highest BCUT2D eigenvalue weighted by molar-refractivity contribution is 6.74. The number of aryl methyl sites for hydroxylation is 1. The standard InChI is InChI=1S/C26H42O8Si/c1-17(14-15-20-12-10-9-11-13-20)31-25-24(33-19(3)28)23(32-18(2)27)22(29)21(34-25)16-30-35(7,8)26(4,5)6/h9-13,17,21-25,29H,14-16H2,1-8H3/t17-,21-,22-,23+,24-,25-/m1/s1. The molecule has 0 aliphatic carbocycles. The first-order chi connectivity index (χ1) is 16.2. The van der Waals surface area contributed by atoms with Gasteiger partial charge in [-0.05, 0) is 43.5 Å². The SMILES string of the molecule is CC(=O)O[C@H]1[C@H](O[C@H](C)CCc2ccccc2)O[C@H](CO[Si](C)(C)C(C)(C)C)[C@@H](O)[C@@H]1OC(C)=O. The Morgan fingerprint density at radius 2 is 1.63 bits per heavy atom. The lowest BCUT2D eigenvalue weighted by Gasteiger charge is -2.45. The molecule has 1 aromatic rings. The molecule has 2 rings (SSSR count). The van der Waals surface area contributed by atoms with Crippen LogP contribution in [0.5, 0.6) is 0 Å². The molecule has 0 unspecified atom stereocenters. The normalized spacial score (nSPS) is 26.1. The van der Waals surface area contributed by atoms with Gasteiger partial charge in [-0.15, -0.1) is 0 Å². The Morgan fingerprint density at radius 3 is 2.17 bits per heavy atom. The lowest BCUT2D eigenvalue weighted by Crippen LogP contribution is -2.62. The molecule has 1 heterocycles. The third-order valence-electron chi connectivity index (χ3n) is 6.69. The van der Waals surface area contributed by atoms with Gasteiger partial charge in [-0.25, -0.2) is 0 Å². The summed E-state index contributed by atoms with van der Waals surface area (Å²) in [7, 11) is -2.14. The molecule has 0 bridgehead atoms. The monoisotopic (exact) mass is 510 g/mol. The first kappa shape index (κ1) is 29.4. The number of hydrogen-bond donors (Lipinski definition) is 1. The second-order valence-corrected chi connectivity index (χ2v) is 15.5. The predicted molar refractivity (Wildman–Crippen MR) is 134 cm³/mol. The lowest BCUT2D eigenvalue weighted by molar-refractivity contribution is -0.313. The minimum absolute atomic E-state index is 0.0377. The third-order valence-corrected chi connectivity index (χ3v) is 11.2. The van der Waals surface area contributed by atoms with Crippen molar-refractivity contribution in [2.45, 2.75) is 109 Å². The Bertz CT molecular complexity index is 822. The van der Waals surface area contributed by atoms with Gasteiger partial charge in [0.05, 0.1) is 12.7 Å². The van der Waals surface area contributed by atoms with Crippen LogP contribution in [0.1, 0.15) is 53.5 Å². The molecule has 0 aromatic heterocycles. The zero-order valence-corrected chi connectivity index (χ0v) is 23.3. The van der Waals surface area contributed by atoms with Crippen LogP contribution >= 0.6 is 0 Å². The van der Waals surface area contributed by atoms with E-state index in [-0.39, 0.29) is 17.7 Å². The first-order valence-electron chi connectivity index (χ1n) is 12.2. The Balaban J connectivity index is 2.21. The van der Waals surface area contributed by atoms with Crippen LogP contribution in [0.4, 0.5) is 0 Å². The van der Waals surface area contributed by atoms with Gasteiger partial charge in [-0.3, -0.25) is 9.59 Å².